The second kappa shape index (κ2) is 60.9. The molecule has 0 rings (SSSR count). The Kier molecular flexibility index (Phi) is 58.7. The van der Waals surface area contributed by atoms with E-state index in [0.29, 0.717) is 19.3 Å². The number of unbranched alkanes of at least 4 members (excludes halogenated alkanes) is 41. The highest BCUT2D eigenvalue weighted by Crippen LogP contribution is 2.17. The molecule has 0 aliphatic heterocycles. The molecule has 0 spiro atoms. The Balaban J connectivity index is 4.35. The second-order valence-corrected chi connectivity index (χ2v) is 21.4. The summed E-state index contributed by atoms with van der Waals surface area (Å²) >= 11 is 0. The largest absolute Gasteiger partial charge is 0.462 e. The molecule has 0 saturated carbocycles. The van der Waals surface area contributed by atoms with E-state index < -0.39 is 6.10 Å². The number of hydrogen-bond acceptors (Lipinski definition) is 6. The van der Waals surface area contributed by atoms with Crippen LogP contribution in [0.4, 0.5) is 0 Å². The molecule has 420 valence electrons. The minimum absolute atomic E-state index is 0.0716. The van der Waals surface area contributed by atoms with Crippen LogP contribution in [0.15, 0.2) is 48.6 Å². The van der Waals surface area contributed by atoms with E-state index in [-0.39, 0.29) is 31.1 Å². The molecule has 0 amide bonds. The van der Waals surface area contributed by atoms with Crippen molar-refractivity contribution in [2.24, 2.45) is 0 Å². The van der Waals surface area contributed by atoms with E-state index in [1.165, 1.54) is 238 Å². The van der Waals surface area contributed by atoms with Crippen molar-refractivity contribution >= 4 is 17.9 Å². The highest BCUT2D eigenvalue weighted by Gasteiger charge is 2.19. The molecule has 0 bridgehead atoms. The van der Waals surface area contributed by atoms with Crippen molar-refractivity contribution < 1.29 is 28.6 Å². The summed E-state index contributed by atoms with van der Waals surface area (Å²) in [5.41, 5.74) is 0. The lowest BCUT2D eigenvalue weighted by Crippen LogP contribution is -2.30. The van der Waals surface area contributed by atoms with Crippen LogP contribution in [0.1, 0.15) is 335 Å². The van der Waals surface area contributed by atoms with E-state index >= 15 is 0 Å². The van der Waals surface area contributed by atoms with Gasteiger partial charge in [-0.1, -0.05) is 294 Å². The lowest BCUT2D eigenvalue weighted by atomic mass is 10.0. The summed E-state index contributed by atoms with van der Waals surface area (Å²) in [4.78, 5) is 38.3. The Labute approximate surface area is 448 Å². The molecular weight excluding hydrogens is 889 g/mol. The van der Waals surface area contributed by atoms with Crippen molar-refractivity contribution in [3.8, 4) is 0 Å². The average molecular weight is 1010 g/mol. The first-order valence-electron chi connectivity index (χ1n) is 31.7. The number of esters is 3. The summed E-state index contributed by atoms with van der Waals surface area (Å²) in [6.45, 7) is 6.63. The van der Waals surface area contributed by atoms with Crippen molar-refractivity contribution in [1.29, 1.82) is 0 Å². The molecule has 0 aromatic heterocycles. The molecule has 0 heterocycles. The first-order chi connectivity index (χ1) is 35.5. The number of allylic oxidation sites excluding steroid dienone is 8. The van der Waals surface area contributed by atoms with Crippen LogP contribution in [-0.2, 0) is 28.6 Å². The van der Waals surface area contributed by atoms with Crippen molar-refractivity contribution in [2.45, 2.75) is 341 Å². The van der Waals surface area contributed by atoms with Crippen LogP contribution in [0, 0.1) is 0 Å². The van der Waals surface area contributed by atoms with Gasteiger partial charge in [-0.25, -0.2) is 0 Å². The summed E-state index contributed by atoms with van der Waals surface area (Å²) in [6.07, 6.45) is 75.3. The maximum absolute atomic E-state index is 12.9. The molecule has 6 nitrogen and oxygen atoms in total. The van der Waals surface area contributed by atoms with E-state index in [9.17, 15) is 14.4 Å². The minimum Gasteiger partial charge on any atom is -0.462 e. The fraction of sp³-hybridized carbons (Fsp3) is 0.833. The maximum atomic E-state index is 12.9. The molecule has 0 fully saturated rings. The van der Waals surface area contributed by atoms with Gasteiger partial charge in [0.15, 0.2) is 6.10 Å². The quantitative estimate of drug-likeness (QED) is 0.0261. The molecular formula is C66H120O6. The highest BCUT2D eigenvalue weighted by atomic mass is 16.6. The van der Waals surface area contributed by atoms with Crippen molar-refractivity contribution in [1.82, 2.24) is 0 Å². The molecule has 1 unspecified atom stereocenters. The topological polar surface area (TPSA) is 78.9 Å². The van der Waals surface area contributed by atoms with Crippen molar-refractivity contribution in [3.05, 3.63) is 48.6 Å². The van der Waals surface area contributed by atoms with E-state index in [1.54, 1.807) is 0 Å². The Morgan fingerprint density at radius 1 is 0.278 bits per heavy atom. The highest BCUT2D eigenvalue weighted by molar-refractivity contribution is 5.71. The molecule has 0 aromatic rings. The average Bonchev–Trinajstić information content (AvgIpc) is 3.38. The molecule has 0 aliphatic carbocycles. The third-order valence-electron chi connectivity index (χ3n) is 14.1. The summed E-state index contributed by atoms with van der Waals surface area (Å²) in [7, 11) is 0. The fourth-order valence-corrected chi connectivity index (χ4v) is 9.31. The van der Waals surface area contributed by atoms with E-state index in [1.807, 2.05) is 0 Å². The zero-order valence-electron chi connectivity index (χ0n) is 48.2. The van der Waals surface area contributed by atoms with Crippen LogP contribution >= 0.6 is 0 Å². The van der Waals surface area contributed by atoms with E-state index in [4.69, 9.17) is 14.2 Å². The van der Waals surface area contributed by atoms with Gasteiger partial charge in [-0.2, -0.15) is 0 Å². The summed E-state index contributed by atoms with van der Waals surface area (Å²) in [6, 6.07) is 0. The normalized spacial score (nSPS) is 12.3. The van der Waals surface area contributed by atoms with Gasteiger partial charge in [-0.05, 0) is 70.6 Å². The maximum Gasteiger partial charge on any atom is 0.306 e. The van der Waals surface area contributed by atoms with Crippen LogP contribution < -0.4 is 0 Å². The molecule has 0 radical (unpaired) electrons. The summed E-state index contributed by atoms with van der Waals surface area (Å²) in [5.74, 6) is -0.857. The smallest absolute Gasteiger partial charge is 0.306 e. The fourth-order valence-electron chi connectivity index (χ4n) is 9.31. The van der Waals surface area contributed by atoms with E-state index in [0.717, 1.165) is 57.8 Å². The van der Waals surface area contributed by atoms with Gasteiger partial charge in [0.1, 0.15) is 13.2 Å². The molecule has 6 heteroatoms. The van der Waals surface area contributed by atoms with Crippen molar-refractivity contribution in [2.75, 3.05) is 13.2 Å². The van der Waals surface area contributed by atoms with Crippen molar-refractivity contribution in [3.63, 3.8) is 0 Å². The SMILES string of the molecule is CCCCC/C=C\C=C/CCCCCCCCCCCCC(=O)OCC(COC(=O)CCCCCCCCCCCCCCCCCC)OC(=O)CCCCCCCCCCCC/C=C\C=C/CCCCC. The Morgan fingerprint density at radius 3 is 0.764 bits per heavy atom. The first-order valence-corrected chi connectivity index (χ1v) is 31.7. The zero-order valence-corrected chi connectivity index (χ0v) is 48.2. The predicted octanol–water partition coefficient (Wildman–Crippen LogP) is 21.4. The molecule has 0 aliphatic rings. The van der Waals surface area contributed by atoms with Gasteiger partial charge in [0.05, 0.1) is 0 Å². The second-order valence-electron chi connectivity index (χ2n) is 21.4. The van der Waals surface area contributed by atoms with Crippen LogP contribution in [0.5, 0.6) is 0 Å². The summed E-state index contributed by atoms with van der Waals surface area (Å²) < 4.78 is 16.9. The van der Waals surface area contributed by atoms with Gasteiger partial charge in [-0.15, -0.1) is 0 Å². The van der Waals surface area contributed by atoms with E-state index in [2.05, 4.69) is 69.4 Å². The molecule has 1 atom stereocenters. The lowest BCUT2D eigenvalue weighted by molar-refractivity contribution is -0.167. The summed E-state index contributed by atoms with van der Waals surface area (Å²) in [5, 5.41) is 0. The van der Waals surface area contributed by atoms with Crippen LogP contribution in [0.25, 0.3) is 0 Å². The van der Waals surface area contributed by atoms with Gasteiger partial charge in [0.25, 0.3) is 0 Å². The zero-order chi connectivity index (χ0) is 52.2. The monoisotopic (exact) mass is 1010 g/mol. The molecule has 0 N–H and O–H groups in total. The van der Waals surface area contributed by atoms with Gasteiger partial charge in [0, 0.05) is 19.3 Å². The Bertz CT molecular complexity index is 1250. The molecule has 0 saturated heterocycles. The lowest BCUT2D eigenvalue weighted by Gasteiger charge is -2.18. The van der Waals surface area contributed by atoms with Crippen LogP contribution in [0.2, 0.25) is 0 Å². The van der Waals surface area contributed by atoms with Gasteiger partial charge >= 0.3 is 17.9 Å². The number of rotatable bonds is 58. The van der Waals surface area contributed by atoms with Gasteiger partial charge in [-0.3, -0.25) is 14.4 Å². The molecule has 72 heavy (non-hydrogen) atoms. The van der Waals surface area contributed by atoms with Crippen LogP contribution in [-0.4, -0.2) is 37.2 Å². The van der Waals surface area contributed by atoms with Crippen LogP contribution in [0.3, 0.4) is 0 Å². The minimum atomic E-state index is -0.775. The predicted molar refractivity (Wildman–Crippen MR) is 312 cm³/mol. The third-order valence-corrected chi connectivity index (χ3v) is 14.1. The number of carbonyl (C=O) groups is 3. The number of hydrogen-bond donors (Lipinski definition) is 0. The number of ether oxygens (including phenoxy) is 3. The first kappa shape index (κ1) is 69.4. The van der Waals surface area contributed by atoms with Gasteiger partial charge in [0.2, 0.25) is 0 Å². The standard InChI is InChI=1S/C66H120O6/c1-4-7-10-13-16-19-22-25-28-31-33-35-38-41-44-47-50-53-56-59-65(68)71-62-63(61-70-64(67)58-55-52-49-46-43-40-37-30-27-24-21-18-15-12-9-6-3)72-66(69)60-57-54-51-48-45-42-39-36-34-32-29-26-23-20-17-14-11-8-5-2/h16-17,19-20,22-23,25-26,63H,4-15,18,21,24,27-62H2,1-3H3/b19-16-,20-17-,25-22-,26-23-. The Hall–Kier alpha value is -2.63. The molecule has 0 aromatic carbocycles. The van der Waals surface area contributed by atoms with Gasteiger partial charge < -0.3 is 14.2 Å². The Morgan fingerprint density at radius 2 is 0.486 bits per heavy atom. The number of carbonyl (C=O) groups excluding carboxylic acids is 3. The third kappa shape index (κ3) is 58.3.